The number of unbranched alkanes of at least 4 members (excludes halogenated alkanes) is 1. The van der Waals surface area contributed by atoms with Gasteiger partial charge in [-0.1, -0.05) is 33.6 Å². The predicted octanol–water partition coefficient (Wildman–Crippen LogP) is 4.92. The first-order valence-corrected chi connectivity index (χ1v) is 6.77. The Labute approximate surface area is 118 Å². The van der Waals surface area contributed by atoms with E-state index in [9.17, 15) is 13.2 Å². The molecule has 18 heavy (non-hydrogen) atoms. The Hall–Kier alpha value is -0.260. The van der Waals surface area contributed by atoms with Gasteiger partial charge >= 0.3 is 6.18 Å². The van der Waals surface area contributed by atoms with Crippen LogP contribution in [0.4, 0.5) is 13.2 Å². The van der Waals surface area contributed by atoms with Crippen molar-refractivity contribution >= 4 is 27.5 Å². The highest BCUT2D eigenvalue weighted by Gasteiger charge is 2.25. The van der Waals surface area contributed by atoms with Crippen LogP contribution in [0.15, 0.2) is 22.7 Å². The Bertz CT molecular complexity index is 382. The van der Waals surface area contributed by atoms with Gasteiger partial charge in [0.15, 0.2) is 0 Å². The molecule has 1 N–H and O–H groups in total. The smallest absolute Gasteiger partial charge is 0.313 e. The average molecular weight is 345 g/mol. The molecule has 0 spiro atoms. The standard InChI is InChI=1S/C12H14BrClF3N/c13-10-4-3-9(11(14)7-10)8-18-6-2-1-5-12(15,16)17/h3-4,7,18H,1-2,5-6,8H2. The van der Waals surface area contributed by atoms with Crippen molar-refractivity contribution in [3.8, 4) is 0 Å². The number of nitrogens with one attached hydrogen (secondary N) is 1. The van der Waals surface area contributed by atoms with Crippen molar-refractivity contribution in [2.45, 2.75) is 32.0 Å². The molecule has 0 aliphatic rings. The third-order valence-electron chi connectivity index (χ3n) is 2.39. The van der Waals surface area contributed by atoms with Crippen molar-refractivity contribution in [3.63, 3.8) is 0 Å². The molecule has 0 aliphatic carbocycles. The molecule has 1 nitrogen and oxygen atoms in total. The summed E-state index contributed by atoms with van der Waals surface area (Å²) in [6.07, 6.45) is -4.10. The van der Waals surface area contributed by atoms with E-state index < -0.39 is 12.6 Å². The number of alkyl halides is 3. The molecule has 0 saturated carbocycles. The van der Waals surface area contributed by atoms with Gasteiger partial charge in [0.1, 0.15) is 0 Å². The summed E-state index contributed by atoms with van der Waals surface area (Å²) in [5, 5.41) is 3.73. The first-order chi connectivity index (χ1) is 8.38. The van der Waals surface area contributed by atoms with Crippen molar-refractivity contribution in [1.82, 2.24) is 5.32 Å². The van der Waals surface area contributed by atoms with Crippen LogP contribution in [0, 0.1) is 0 Å². The van der Waals surface area contributed by atoms with Gasteiger partial charge in [0.2, 0.25) is 0 Å². The van der Waals surface area contributed by atoms with Gasteiger partial charge in [-0.25, -0.2) is 0 Å². The van der Waals surface area contributed by atoms with Crippen LogP contribution < -0.4 is 5.32 Å². The molecule has 0 unspecified atom stereocenters. The second kappa shape index (κ2) is 7.36. The number of benzene rings is 1. The van der Waals surface area contributed by atoms with Crippen molar-refractivity contribution in [2.24, 2.45) is 0 Å². The topological polar surface area (TPSA) is 12.0 Å². The molecular weight excluding hydrogens is 330 g/mol. The highest BCUT2D eigenvalue weighted by Crippen LogP contribution is 2.22. The molecule has 0 amide bonds. The molecule has 102 valence electrons. The molecule has 0 bridgehead atoms. The summed E-state index contributed by atoms with van der Waals surface area (Å²) in [5.74, 6) is 0. The maximum absolute atomic E-state index is 11.9. The van der Waals surface area contributed by atoms with Gasteiger partial charge in [0.05, 0.1) is 0 Å². The molecule has 0 radical (unpaired) electrons. The quantitative estimate of drug-likeness (QED) is 0.722. The lowest BCUT2D eigenvalue weighted by Crippen LogP contribution is -2.16. The van der Waals surface area contributed by atoms with Crippen LogP contribution in [0.1, 0.15) is 24.8 Å². The zero-order valence-corrected chi connectivity index (χ0v) is 12.0. The highest BCUT2D eigenvalue weighted by atomic mass is 79.9. The van der Waals surface area contributed by atoms with Gasteiger partial charge in [-0.2, -0.15) is 13.2 Å². The fourth-order valence-corrected chi connectivity index (χ4v) is 2.20. The minimum atomic E-state index is -4.05. The predicted molar refractivity (Wildman–Crippen MR) is 70.8 cm³/mol. The van der Waals surface area contributed by atoms with E-state index in [0.717, 1.165) is 10.0 Å². The summed E-state index contributed by atoms with van der Waals surface area (Å²) in [7, 11) is 0. The maximum atomic E-state index is 11.9. The molecule has 6 heteroatoms. The third kappa shape index (κ3) is 6.61. The first-order valence-electron chi connectivity index (χ1n) is 5.60. The second-order valence-corrected chi connectivity index (χ2v) is 5.31. The molecule has 0 aliphatic heterocycles. The zero-order valence-electron chi connectivity index (χ0n) is 9.66. The van der Waals surface area contributed by atoms with E-state index >= 15 is 0 Å². The van der Waals surface area contributed by atoms with Crippen LogP contribution in [-0.2, 0) is 6.54 Å². The summed E-state index contributed by atoms with van der Waals surface area (Å²) in [5.41, 5.74) is 0.940. The number of rotatable bonds is 6. The van der Waals surface area contributed by atoms with E-state index in [-0.39, 0.29) is 6.42 Å². The van der Waals surface area contributed by atoms with Crippen molar-refractivity contribution in [2.75, 3.05) is 6.54 Å². The van der Waals surface area contributed by atoms with Gasteiger partial charge in [-0.05, 0) is 37.1 Å². The summed E-state index contributed by atoms with van der Waals surface area (Å²) < 4.78 is 36.5. The molecule has 1 aromatic rings. The first kappa shape index (κ1) is 15.8. The number of halogens is 5. The molecule has 0 saturated heterocycles. The van der Waals surface area contributed by atoms with Crippen LogP contribution in [0.25, 0.3) is 0 Å². The van der Waals surface area contributed by atoms with Gasteiger partial charge in [0.25, 0.3) is 0 Å². The van der Waals surface area contributed by atoms with Crippen molar-refractivity contribution in [1.29, 1.82) is 0 Å². The van der Waals surface area contributed by atoms with Crippen LogP contribution in [0.3, 0.4) is 0 Å². The fourth-order valence-electron chi connectivity index (χ4n) is 1.46. The molecule has 0 fully saturated rings. The van der Waals surface area contributed by atoms with E-state index in [0.29, 0.717) is 24.5 Å². The molecular formula is C12H14BrClF3N. The molecule has 0 atom stereocenters. The summed E-state index contributed by atoms with van der Waals surface area (Å²) in [4.78, 5) is 0. The minimum absolute atomic E-state index is 0.157. The largest absolute Gasteiger partial charge is 0.389 e. The SMILES string of the molecule is FC(F)(F)CCCCNCc1ccc(Br)cc1Cl. The average Bonchev–Trinajstić information content (AvgIpc) is 2.24. The van der Waals surface area contributed by atoms with Gasteiger partial charge in [-0.15, -0.1) is 0 Å². The Balaban J connectivity index is 2.18. The van der Waals surface area contributed by atoms with Crippen LogP contribution in [0.2, 0.25) is 5.02 Å². The number of hydrogen-bond donors (Lipinski definition) is 1. The summed E-state index contributed by atoms with van der Waals surface area (Å²) in [6.45, 7) is 1.13. The lowest BCUT2D eigenvalue weighted by atomic mass is 10.2. The Morgan fingerprint density at radius 1 is 1.22 bits per heavy atom. The summed E-state index contributed by atoms with van der Waals surface area (Å²) in [6, 6.07) is 5.56. The molecule has 0 heterocycles. The van der Waals surface area contributed by atoms with Gasteiger partial charge in [0, 0.05) is 22.5 Å². The molecule has 1 aromatic carbocycles. The van der Waals surface area contributed by atoms with Gasteiger partial charge in [-0.3, -0.25) is 0 Å². The monoisotopic (exact) mass is 343 g/mol. The van der Waals surface area contributed by atoms with Crippen molar-refractivity contribution < 1.29 is 13.2 Å². The van der Waals surface area contributed by atoms with Crippen molar-refractivity contribution in [3.05, 3.63) is 33.3 Å². The molecule has 0 aromatic heterocycles. The van der Waals surface area contributed by atoms with Gasteiger partial charge < -0.3 is 5.32 Å². The second-order valence-electron chi connectivity index (χ2n) is 3.98. The van der Waals surface area contributed by atoms with Crippen LogP contribution in [-0.4, -0.2) is 12.7 Å². The van der Waals surface area contributed by atoms with Crippen LogP contribution in [0.5, 0.6) is 0 Å². The normalized spacial score (nSPS) is 11.8. The van der Waals surface area contributed by atoms with Crippen LogP contribution >= 0.6 is 27.5 Å². The molecule has 1 rings (SSSR count). The fraction of sp³-hybridized carbons (Fsp3) is 0.500. The highest BCUT2D eigenvalue weighted by molar-refractivity contribution is 9.10. The lowest BCUT2D eigenvalue weighted by Gasteiger charge is -2.08. The van der Waals surface area contributed by atoms with E-state index in [2.05, 4.69) is 21.2 Å². The lowest BCUT2D eigenvalue weighted by molar-refractivity contribution is -0.135. The van der Waals surface area contributed by atoms with E-state index in [1.807, 2.05) is 12.1 Å². The van der Waals surface area contributed by atoms with E-state index in [1.165, 1.54) is 0 Å². The summed E-state index contributed by atoms with van der Waals surface area (Å²) >= 11 is 9.32. The minimum Gasteiger partial charge on any atom is -0.313 e. The Kier molecular flexibility index (Phi) is 6.46. The number of hydrogen-bond acceptors (Lipinski definition) is 1. The Morgan fingerprint density at radius 3 is 2.56 bits per heavy atom. The third-order valence-corrected chi connectivity index (χ3v) is 3.24. The Morgan fingerprint density at radius 2 is 1.94 bits per heavy atom. The zero-order chi connectivity index (χ0) is 13.6. The maximum Gasteiger partial charge on any atom is 0.389 e. The van der Waals surface area contributed by atoms with E-state index in [1.54, 1.807) is 6.07 Å². The van der Waals surface area contributed by atoms with E-state index in [4.69, 9.17) is 11.6 Å².